The summed E-state index contributed by atoms with van der Waals surface area (Å²) in [5, 5.41) is 9.35. The second kappa shape index (κ2) is 6.28. The highest BCUT2D eigenvalue weighted by atomic mass is 32.2. The highest BCUT2D eigenvalue weighted by Gasteiger charge is 2.14. The SMILES string of the molecule is CC(C)c1ccc(CNS(=O)(=O)c2cccc(O)c2)cc1. The van der Waals surface area contributed by atoms with Crippen LogP contribution in [0.25, 0.3) is 0 Å². The number of phenols is 1. The summed E-state index contributed by atoms with van der Waals surface area (Å²) in [7, 11) is -3.62. The lowest BCUT2D eigenvalue weighted by Gasteiger charge is -2.09. The first-order chi connectivity index (χ1) is 9.88. The van der Waals surface area contributed by atoms with Crippen LogP contribution < -0.4 is 4.72 Å². The molecule has 2 N–H and O–H groups in total. The number of aromatic hydroxyl groups is 1. The van der Waals surface area contributed by atoms with E-state index in [0.717, 1.165) is 5.56 Å². The minimum absolute atomic E-state index is 0.0568. The molecule has 5 heteroatoms. The Balaban J connectivity index is 2.08. The zero-order chi connectivity index (χ0) is 15.5. The maximum atomic E-state index is 12.1. The van der Waals surface area contributed by atoms with Crippen LogP contribution in [0.5, 0.6) is 5.75 Å². The first-order valence-corrected chi connectivity index (χ1v) is 8.24. The van der Waals surface area contributed by atoms with Crippen LogP contribution in [0.4, 0.5) is 0 Å². The highest BCUT2D eigenvalue weighted by Crippen LogP contribution is 2.17. The van der Waals surface area contributed by atoms with Gasteiger partial charge in [-0.15, -0.1) is 0 Å². The third-order valence-corrected chi connectivity index (χ3v) is 4.64. The zero-order valence-electron chi connectivity index (χ0n) is 12.1. The minimum atomic E-state index is -3.62. The van der Waals surface area contributed by atoms with E-state index in [9.17, 15) is 13.5 Å². The van der Waals surface area contributed by atoms with Crippen molar-refractivity contribution in [3.05, 3.63) is 59.7 Å². The monoisotopic (exact) mass is 305 g/mol. The van der Waals surface area contributed by atoms with Crippen molar-refractivity contribution in [1.29, 1.82) is 0 Å². The Morgan fingerprint density at radius 3 is 2.33 bits per heavy atom. The van der Waals surface area contributed by atoms with Gasteiger partial charge in [-0.3, -0.25) is 0 Å². The Morgan fingerprint density at radius 1 is 1.10 bits per heavy atom. The first kappa shape index (κ1) is 15.5. The molecule has 0 radical (unpaired) electrons. The summed E-state index contributed by atoms with van der Waals surface area (Å²) < 4.78 is 26.7. The Morgan fingerprint density at radius 2 is 1.76 bits per heavy atom. The van der Waals surface area contributed by atoms with Crippen molar-refractivity contribution in [3.8, 4) is 5.75 Å². The number of hydrogen-bond acceptors (Lipinski definition) is 3. The summed E-state index contributed by atoms with van der Waals surface area (Å²) in [5.41, 5.74) is 2.11. The molecule has 0 aliphatic carbocycles. The molecule has 4 nitrogen and oxygen atoms in total. The van der Waals surface area contributed by atoms with Gasteiger partial charge in [-0.25, -0.2) is 13.1 Å². The van der Waals surface area contributed by atoms with Gasteiger partial charge in [0.1, 0.15) is 5.75 Å². The molecule has 0 bridgehead atoms. The van der Waals surface area contributed by atoms with Gasteiger partial charge in [0.05, 0.1) is 4.90 Å². The van der Waals surface area contributed by atoms with Crippen LogP contribution in [0, 0.1) is 0 Å². The smallest absolute Gasteiger partial charge is 0.241 e. The molecule has 0 atom stereocenters. The maximum Gasteiger partial charge on any atom is 0.241 e. The number of phenolic OH excluding ortho intramolecular Hbond substituents is 1. The third-order valence-electron chi connectivity index (χ3n) is 3.24. The number of hydrogen-bond donors (Lipinski definition) is 2. The minimum Gasteiger partial charge on any atom is -0.508 e. The van der Waals surface area contributed by atoms with Gasteiger partial charge in [-0.2, -0.15) is 0 Å². The van der Waals surface area contributed by atoms with Crippen molar-refractivity contribution in [2.24, 2.45) is 0 Å². The van der Waals surface area contributed by atoms with Crippen LogP contribution in [-0.2, 0) is 16.6 Å². The van der Waals surface area contributed by atoms with Gasteiger partial charge in [0, 0.05) is 6.54 Å². The third kappa shape index (κ3) is 4.06. The lowest BCUT2D eigenvalue weighted by atomic mass is 10.0. The molecule has 0 aliphatic rings. The average Bonchev–Trinajstić information content (AvgIpc) is 2.45. The van der Waals surface area contributed by atoms with E-state index < -0.39 is 10.0 Å². The van der Waals surface area contributed by atoms with Crippen LogP contribution in [0.3, 0.4) is 0 Å². The van der Waals surface area contributed by atoms with E-state index >= 15 is 0 Å². The van der Waals surface area contributed by atoms with Crippen molar-refractivity contribution in [1.82, 2.24) is 4.72 Å². The van der Waals surface area contributed by atoms with Crippen LogP contribution >= 0.6 is 0 Å². The summed E-state index contributed by atoms with van der Waals surface area (Å²) in [6.07, 6.45) is 0. The summed E-state index contributed by atoms with van der Waals surface area (Å²) >= 11 is 0. The molecule has 21 heavy (non-hydrogen) atoms. The normalized spacial score (nSPS) is 11.8. The van der Waals surface area contributed by atoms with Gasteiger partial charge in [0.25, 0.3) is 0 Å². The molecule has 0 heterocycles. The molecule has 0 amide bonds. The topological polar surface area (TPSA) is 66.4 Å². The van der Waals surface area contributed by atoms with Gasteiger partial charge in [-0.05, 0) is 35.2 Å². The Bertz CT molecular complexity index is 707. The second-order valence-electron chi connectivity index (χ2n) is 5.22. The van der Waals surface area contributed by atoms with E-state index in [2.05, 4.69) is 18.6 Å². The van der Waals surface area contributed by atoms with Crippen LogP contribution in [0.1, 0.15) is 30.9 Å². The van der Waals surface area contributed by atoms with Crippen molar-refractivity contribution in [3.63, 3.8) is 0 Å². The van der Waals surface area contributed by atoms with E-state index in [-0.39, 0.29) is 17.2 Å². The average molecular weight is 305 g/mol. The van der Waals surface area contributed by atoms with Crippen molar-refractivity contribution >= 4 is 10.0 Å². The predicted molar refractivity (Wildman–Crippen MR) is 82.7 cm³/mol. The maximum absolute atomic E-state index is 12.1. The number of benzene rings is 2. The molecule has 2 rings (SSSR count). The quantitative estimate of drug-likeness (QED) is 0.892. The van der Waals surface area contributed by atoms with Gasteiger partial charge >= 0.3 is 0 Å². The molecule has 2 aromatic rings. The van der Waals surface area contributed by atoms with Crippen LogP contribution in [0.15, 0.2) is 53.4 Å². The molecule has 0 spiro atoms. The molecule has 0 aliphatic heterocycles. The fraction of sp³-hybridized carbons (Fsp3) is 0.250. The number of nitrogens with one attached hydrogen (secondary N) is 1. The molecule has 0 saturated heterocycles. The van der Waals surface area contributed by atoms with Gasteiger partial charge < -0.3 is 5.11 Å². The molecule has 0 aromatic heterocycles. The van der Waals surface area contributed by atoms with Crippen LogP contribution in [-0.4, -0.2) is 13.5 Å². The van der Waals surface area contributed by atoms with Gasteiger partial charge in [0.15, 0.2) is 0 Å². The van der Waals surface area contributed by atoms with E-state index in [0.29, 0.717) is 5.92 Å². The molecule has 0 unspecified atom stereocenters. The lowest BCUT2D eigenvalue weighted by Crippen LogP contribution is -2.23. The predicted octanol–water partition coefficient (Wildman–Crippen LogP) is 2.99. The van der Waals surface area contributed by atoms with Gasteiger partial charge in [0.2, 0.25) is 10.0 Å². The van der Waals surface area contributed by atoms with Gasteiger partial charge in [-0.1, -0.05) is 44.2 Å². The van der Waals surface area contributed by atoms with Crippen molar-refractivity contribution < 1.29 is 13.5 Å². The molecular formula is C16H19NO3S. The molecule has 112 valence electrons. The summed E-state index contributed by atoms with van der Waals surface area (Å²) in [5.74, 6) is 0.377. The fourth-order valence-corrected chi connectivity index (χ4v) is 2.99. The molecule has 0 fully saturated rings. The summed E-state index contributed by atoms with van der Waals surface area (Å²) in [4.78, 5) is 0.0568. The van der Waals surface area contributed by atoms with E-state index in [1.165, 1.54) is 29.8 Å². The molecule has 2 aromatic carbocycles. The van der Waals surface area contributed by atoms with E-state index in [4.69, 9.17) is 0 Å². The van der Waals surface area contributed by atoms with E-state index in [1.807, 2.05) is 24.3 Å². The molecule has 0 saturated carbocycles. The standard InChI is InChI=1S/C16H19NO3S/c1-12(2)14-8-6-13(7-9-14)11-17-21(19,20)16-5-3-4-15(18)10-16/h3-10,12,17-18H,11H2,1-2H3. The van der Waals surface area contributed by atoms with Crippen molar-refractivity contribution in [2.45, 2.75) is 31.2 Å². The Hall–Kier alpha value is -1.85. The largest absolute Gasteiger partial charge is 0.508 e. The van der Waals surface area contributed by atoms with Crippen molar-refractivity contribution in [2.75, 3.05) is 0 Å². The molecular weight excluding hydrogens is 286 g/mol. The highest BCUT2D eigenvalue weighted by molar-refractivity contribution is 7.89. The second-order valence-corrected chi connectivity index (χ2v) is 6.99. The Labute approximate surface area is 125 Å². The number of sulfonamides is 1. The Kier molecular flexibility index (Phi) is 4.65. The first-order valence-electron chi connectivity index (χ1n) is 6.76. The van der Waals surface area contributed by atoms with E-state index in [1.54, 1.807) is 0 Å². The lowest BCUT2D eigenvalue weighted by molar-refractivity contribution is 0.473. The van der Waals surface area contributed by atoms with Crippen LogP contribution in [0.2, 0.25) is 0 Å². The summed E-state index contributed by atoms with van der Waals surface area (Å²) in [6.45, 7) is 4.44. The number of rotatable bonds is 5. The fourth-order valence-electron chi connectivity index (χ4n) is 1.93. The zero-order valence-corrected chi connectivity index (χ0v) is 12.9. The summed E-state index contributed by atoms with van der Waals surface area (Å²) in [6, 6.07) is 13.4.